The third-order valence-electron chi connectivity index (χ3n) is 2.75. The average molecular weight is 259 g/mol. The fourth-order valence-electron chi connectivity index (χ4n) is 1.65. The first-order valence-corrected chi connectivity index (χ1v) is 6.18. The summed E-state index contributed by atoms with van der Waals surface area (Å²) in [4.78, 5) is 11.7. The van der Waals surface area contributed by atoms with Crippen LogP contribution in [-0.2, 0) is 0 Å². The van der Waals surface area contributed by atoms with Gasteiger partial charge in [0.15, 0.2) is 5.76 Å². The third kappa shape index (κ3) is 3.61. The number of hydrogen-bond donors (Lipinski definition) is 1. The van der Waals surface area contributed by atoms with Crippen LogP contribution in [0.1, 0.15) is 21.7 Å². The molecular formula is C15H17NO3. The van der Waals surface area contributed by atoms with Gasteiger partial charge in [0.2, 0.25) is 0 Å². The Balaban J connectivity index is 1.74. The van der Waals surface area contributed by atoms with E-state index in [2.05, 4.69) is 5.32 Å². The van der Waals surface area contributed by atoms with Crippen molar-refractivity contribution in [2.75, 3.05) is 13.2 Å². The van der Waals surface area contributed by atoms with Crippen LogP contribution in [-0.4, -0.2) is 19.1 Å². The van der Waals surface area contributed by atoms with Crippen LogP contribution in [0, 0.1) is 13.8 Å². The molecular weight excluding hydrogens is 242 g/mol. The average Bonchev–Trinajstić information content (AvgIpc) is 2.83. The van der Waals surface area contributed by atoms with Gasteiger partial charge in [-0.05, 0) is 32.0 Å². The van der Waals surface area contributed by atoms with E-state index in [0.29, 0.717) is 18.9 Å². The molecule has 0 aliphatic heterocycles. The van der Waals surface area contributed by atoms with Crippen LogP contribution in [0.15, 0.2) is 41.0 Å². The maximum atomic E-state index is 11.7. The predicted molar refractivity (Wildman–Crippen MR) is 72.5 cm³/mol. The summed E-state index contributed by atoms with van der Waals surface area (Å²) in [5.41, 5.74) is 2.02. The number of hydrogen-bond acceptors (Lipinski definition) is 3. The second-order valence-corrected chi connectivity index (χ2v) is 4.35. The van der Waals surface area contributed by atoms with E-state index in [1.54, 1.807) is 6.07 Å². The number of nitrogens with one attached hydrogen (secondary N) is 1. The lowest BCUT2D eigenvalue weighted by Crippen LogP contribution is -2.28. The molecule has 0 saturated carbocycles. The fraction of sp³-hybridized carbons (Fsp3) is 0.267. The first-order chi connectivity index (χ1) is 9.16. The monoisotopic (exact) mass is 259 g/mol. The third-order valence-corrected chi connectivity index (χ3v) is 2.75. The molecule has 4 heteroatoms. The Kier molecular flexibility index (Phi) is 4.23. The molecule has 4 nitrogen and oxygen atoms in total. The maximum absolute atomic E-state index is 11.7. The van der Waals surface area contributed by atoms with Gasteiger partial charge in [0.1, 0.15) is 12.4 Å². The Bertz CT molecular complexity index is 543. The topological polar surface area (TPSA) is 51.5 Å². The number of rotatable bonds is 5. The Morgan fingerprint density at radius 3 is 2.58 bits per heavy atom. The largest absolute Gasteiger partial charge is 0.492 e. The van der Waals surface area contributed by atoms with Crippen molar-refractivity contribution in [3.8, 4) is 5.75 Å². The number of ether oxygens (including phenoxy) is 1. The van der Waals surface area contributed by atoms with Crippen LogP contribution >= 0.6 is 0 Å². The highest BCUT2D eigenvalue weighted by molar-refractivity contribution is 5.92. The first kappa shape index (κ1) is 13.2. The summed E-state index contributed by atoms with van der Waals surface area (Å²) in [6.07, 6.45) is 1.51. The fourth-order valence-corrected chi connectivity index (χ4v) is 1.65. The Hall–Kier alpha value is -2.23. The number of amides is 1. The summed E-state index contributed by atoms with van der Waals surface area (Å²) in [6, 6.07) is 9.56. The SMILES string of the molecule is Cc1ccc(OCCNC(=O)c2occc2C)cc1. The van der Waals surface area contributed by atoms with Gasteiger partial charge in [0.25, 0.3) is 5.91 Å². The van der Waals surface area contributed by atoms with Crippen LogP contribution in [0.4, 0.5) is 0 Å². The Morgan fingerprint density at radius 1 is 1.21 bits per heavy atom. The minimum Gasteiger partial charge on any atom is -0.492 e. The Morgan fingerprint density at radius 2 is 1.95 bits per heavy atom. The van der Waals surface area contributed by atoms with Crippen LogP contribution in [0.3, 0.4) is 0 Å². The highest BCUT2D eigenvalue weighted by Crippen LogP contribution is 2.11. The molecule has 0 bridgehead atoms. The highest BCUT2D eigenvalue weighted by Gasteiger charge is 2.11. The molecule has 0 saturated heterocycles. The standard InChI is InChI=1S/C15H17NO3/c1-11-3-5-13(6-4-11)18-10-8-16-15(17)14-12(2)7-9-19-14/h3-7,9H,8,10H2,1-2H3,(H,16,17). The van der Waals surface area contributed by atoms with Gasteiger partial charge in [0.05, 0.1) is 12.8 Å². The number of furan rings is 1. The summed E-state index contributed by atoms with van der Waals surface area (Å²) < 4.78 is 10.6. The summed E-state index contributed by atoms with van der Waals surface area (Å²) in [6.45, 7) is 4.72. The molecule has 2 rings (SSSR count). The predicted octanol–water partition coefficient (Wildman–Crippen LogP) is 2.71. The van der Waals surface area contributed by atoms with Gasteiger partial charge < -0.3 is 14.5 Å². The van der Waals surface area contributed by atoms with Crippen molar-refractivity contribution < 1.29 is 13.9 Å². The van der Waals surface area contributed by atoms with E-state index in [-0.39, 0.29) is 5.91 Å². The zero-order chi connectivity index (χ0) is 13.7. The molecule has 19 heavy (non-hydrogen) atoms. The molecule has 0 aliphatic rings. The van der Waals surface area contributed by atoms with E-state index in [4.69, 9.17) is 9.15 Å². The van der Waals surface area contributed by atoms with E-state index in [1.807, 2.05) is 38.1 Å². The molecule has 0 fully saturated rings. The van der Waals surface area contributed by atoms with Gasteiger partial charge in [-0.15, -0.1) is 0 Å². The quantitative estimate of drug-likeness (QED) is 0.840. The van der Waals surface area contributed by atoms with Crippen molar-refractivity contribution in [1.82, 2.24) is 5.32 Å². The van der Waals surface area contributed by atoms with E-state index in [0.717, 1.165) is 11.3 Å². The van der Waals surface area contributed by atoms with Crippen molar-refractivity contribution in [3.63, 3.8) is 0 Å². The van der Waals surface area contributed by atoms with Gasteiger partial charge >= 0.3 is 0 Å². The van der Waals surface area contributed by atoms with Gasteiger partial charge in [-0.1, -0.05) is 17.7 Å². The zero-order valence-electron chi connectivity index (χ0n) is 11.1. The molecule has 100 valence electrons. The lowest BCUT2D eigenvalue weighted by molar-refractivity contribution is 0.0918. The zero-order valence-corrected chi connectivity index (χ0v) is 11.1. The highest BCUT2D eigenvalue weighted by atomic mass is 16.5. The van der Waals surface area contributed by atoms with Crippen LogP contribution in [0.2, 0.25) is 0 Å². The molecule has 1 amide bonds. The first-order valence-electron chi connectivity index (χ1n) is 6.18. The molecule has 1 heterocycles. The molecule has 1 aromatic heterocycles. The van der Waals surface area contributed by atoms with Gasteiger partial charge in [-0.3, -0.25) is 4.79 Å². The van der Waals surface area contributed by atoms with Gasteiger partial charge in [-0.2, -0.15) is 0 Å². The number of aryl methyl sites for hydroxylation is 2. The van der Waals surface area contributed by atoms with Crippen LogP contribution < -0.4 is 10.1 Å². The van der Waals surface area contributed by atoms with Gasteiger partial charge in [-0.25, -0.2) is 0 Å². The summed E-state index contributed by atoms with van der Waals surface area (Å²) >= 11 is 0. The second kappa shape index (κ2) is 6.09. The van der Waals surface area contributed by atoms with Crippen molar-refractivity contribution in [3.05, 3.63) is 53.5 Å². The lowest BCUT2D eigenvalue weighted by atomic mass is 10.2. The summed E-state index contributed by atoms with van der Waals surface area (Å²) in [7, 11) is 0. The number of carbonyl (C=O) groups excluding carboxylic acids is 1. The van der Waals surface area contributed by atoms with E-state index < -0.39 is 0 Å². The van der Waals surface area contributed by atoms with Gasteiger partial charge in [0, 0.05) is 5.56 Å². The van der Waals surface area contributed by atoms with Crippen molar-refractivity contribution in [2.24, 2.45) is 0 Å². The lowest BCUT2D eigenvalue weighted by Gasteiger charge is -2.07. The molecule has 0 spiro atoms. The molecule has 2 aromatic rings. The molecule has 1 N–H and O–H groups in total. The molecule has 0 atom stereocenters. The number of benzene rings is 1. The molecule has 1 aromatic carbocycles. The van der Waals surface area contributed by atoms with E-state index in [9.17, 15) is 4.79 Å². The van der Waals surface area contributed by atoms with Crippen molar-refractivity contribution in [2.45, 2.75) is 13.8 Å². The minimum absolute atomic E-state index is 0.213. The molecule has 0 unspecified atom stereocenters. The van der Waals surface area contributed by atoms with Crippen molar-refractivity contribution in [1.29, 1.82) is 0 Å². The van der Waals surface area contributed by atoms with Crippen LogP contribution in [0.5, 0.6) is 5.75 Å². The smallest absolute Gasteiger partial charge is 0.287 e. The maximum Gasteiger partial charge on any atom is 0.287 e. The minimum atomic E-state index is -0.213. The molecule has 0 aliphatic carbocycles. The summed E-state index contributed by atoms with van der Waals surface area (Å²) in [5.74, 6) is 0.944. The van der Waals surface area contributed by atoms with E-state index in [1.165, 1.54) is 11.8 Å². The number of carbonyl (C=O) groups is 1. The van der Waals surface area contributed by atoms with E-state index >= 15 is 0 Å². The normalized spacial score (nSPS) is 10.2. The summed E-state index contributed by atoms with van der Waals surface area (Å²) in [5, 5.41) is 2.75. The Labute approximate surface area is 112 Å². The van der Waals surface area contributed by atoms with Crippen molar-refractivity contribution >= 4 is 5.91 Å². The molecule has 0 radical (unpaired) electrons. The van der Waals surface area contributed by atoms with Crippen LogP contribution in [0.25, 0.3) is 0 Å². The second-order valence-electron chi connectivity index (χ2n) is 4.35.